The Bertz CT molecular complexity index is 2370. The molecule has 332 valence electrons. The number of aryl methyl sites for hydroxylation is 1. The molecule has 0 saturated carbocycles. The molecule has 2 N–H and O–H groups in total. The van der Waals surface area contributed by atoms with Gasteiger partial charge in [-0.1, -0.05) is 105 Å². The Balaban J connectivity index is 1.20. The Hall–Kier alpha value is -5.05. The maximum Gasteiger partial charge on any atom is 0.349 e. The van der Waals surface area contributed by atoms with Crippen LogP contribution in [0.25, 0.3) is 33.3 Å². The zero-order valence-corrected chi connectivity index (χ0v) is 39.1. The highest BCUT2D eigenvalue weighted by atomic mass is 16.6. The van der Waals surface area contributed by atoms with Crippen LogP contribution in [0.1, 0.15) is 212 Å². The second-order valence-electron chi connectivity index (χ2n) is 18.9. The van der Waals surface area contributed by atoms with Gasteiger partial charge in [0, 0.05) is 40.7 Å². The van der Waals surface area contributed by atoms with E-state index in [9.17, 15) is 14.4 Å². The molecule has 6 heterocycles. The van der Waals surface area contributed by atoms with Crippen molar-refractivity contribution in [3.05, 3.63) is 93.4 Å². The number of rotatable bonds is 19. The summed E-state index contributed by atoms with van der Waals surface area (Å²) in [7, 11) is 0. The number of allylic oxidation sites excluding steroid dienone is 6. The summed E-state index contributed by atoms with van der Waals surface area (Å²) in [6, 6.07) is 5.99. The number of aromatic nitrogens is 4. The molecule has 2 aromatic rings. The number of carbonyl (C=O) groups excluding carboxylic acids is 3. The molecule has 4 aliphatic rings. The Morgan fingerprint density at radius 1 is 0.839 bits per heavy atom. The number of hydrogen-bond donors (Lipinski definition) is 2. The number of nitrogens with one attached hydrogen (secondary N) is 2. The van der Waals surface area contributed by atoms with Crippen LogP contribution in [0.5, 0.6) is 0 Å². The fourth-order valence-corrected chi connectivity index (χ4v) is 9.66. The minimum absolute atomic E-state index is 0.136. The molecule has 62 heavy (non-hydrogen) atoms. The molecule has 0 aliphatic carbocycles. The molecule has 0 radical (unpaired) electrons. The molecule has 9 heteroatoms. The fourth-order valence-electron chi connectivity index (χ4n) is 9.66. The van der Waals surface area contributed by atoms with E-state index in [1.54, 1.807) is 0 Å². The van der Waals surface area contributed by atoms with E-state index in [1.807, 2.05) is 44.2 Å². The molecule has 0 saturated heterocycles. The summed E-state index contributed by atoms with van der Waals surface area (Å²) in [6.07, 6.45) is 16.5. The van der Waals surface area contributed by atoms with Gasteiger partial charge in [-0.15, -0.1) is 0 Å². The van der Waals surface area contributed by atoms with Crippen LogP contribution in [0.4, 0.5) is 0 Å². The van der Waals surface area contributed by atoms with Crippen molar-refractivity contribution in [1.82, 2.24) is 19.9 Å². The number of ether oxygens (including phenoxy) is 2. The van der Waals surface area contributed by atoms with Gasteiger partial charge >= 0.3 is 17.9 Å². The topological polar surface area (TPSA) is 127 Å². The molecule has 4 aliphatic heterocycles. The Kier molecular flexibility index (Phi) is 15.3. The zero-order chi connectivity index (χ0) is 44.8. The molecule has 4 atom stereocenters. The first-order valence-corrected chi connectivity index (χ1v) is 23.3. The highest BCUT2D eigenvalue weighted by Gasteiger charge is 2.38. The fraction of sp³-hybridized carbons (Fsp3) is 0.528. The lowest BCUT2D eigenvalue weighted by molar-refractivity contribution is -0.142. The number of H-pyrrole nitrogens is 2. The second kappa shape index (κ2) is 20.4. The molecule has 6 rings (SSSR count). The van der Waals surface area contributed by atoms with Crippen molar-refractivity contribution in [1.29, 1.82) is 0 Å². The van der Waals surface area contributed by atoms with E-state index >= 15 is 0 Å². The third-order valence-electron chi connectivity index (χ3n) is 13.7. The van der Waals surface area contributed by atoms with Crippen molar-refractivity contribution in [3.8, 4) is 0 Å². The minimum Gasteiger partial charge on any atom is -0.461 e. The maximum absolute atomic E-state index is 13.8. The number of cyclic esters (lactones) is 2. The molecule has 9 nitrogen and oxygen atoms in total. The average molecular weight is 843 g/mol. The van der Waals surface area contributed by atoms with Crippen molar-refractivity contribution in [3.63, 3.8) is 0 Å². The van der Waals surface area contributed by atoms with E-state index in [0.717, 1.165) is 87.8 Å². The van der Waals surface area contributed by atoms with Gasteiger partial charge in [0.15, 0.2) is 0 Å². The van der Waals surface area contributed by atoms with E-state index in [-0.39, 0.29) is 36.4 Å². The summed E-state index contributed by atoms with van der Waals surface area (Å²) >= 11 is 0. The van der Waals surface area contributed by atoms with E-state index in [0.29, 0.717) is 34.3 Å². The van der Waals surface area contributed by atoms with Crippen molar-refractivity contribution in [2.45, 2.75) is 158 Å². The average Bonchev–Trinajstić information content (AvgIpc) is 3.89. The van der Waals surface area contributed by atoms with Gasteiger partial charge in [-0.05, 0) is 118 Å². The van der Waals surface area contributed by atoms with Crippen LogP contribution < -0.4 is 0 Å². The van der Waals surface area contributed by atoms with Crippen LogP contribution in [0, 0.1) is 24.7 Å². The number of carbonyl (C=O) groups is 3. The molecular weight excluding hydrogens is 773 g/mol. The van der Waals surface area contributed by atoms with Crippen molar-refractivity contribution >= 4 is 51.2 Å². The second-order valence-corrected chi connectivity index (χ2v) is 18.9. The minimum atomic E-state index is -0.732. The lowest BCUT2D eigenvalue weighted by Gasteiger charge is -2.19. The van der Waals surface area contributed by atoms with Gasteiger partial charge in [0.05, 0.1) is 33.9 Å². The van der Waals surface area contributed by atoms with Crippen LogP contribution in [0.3, 0.4) is 0 Å². The molecule has 0 amide bonds. The van der Waals surface area contributed by atoms with Crippen LogP contribution >= 0.6 is 0 Å². The quantitative estimate of drug-likeness (QED) is 0.0819. The first kappa shape index (κ1) is 46.5. The van der Waals surface area contributed by atoms with Crippen LogP contribution in [-0.2, 0) is 14.3 Å². The molecule has 0 spiro atoms. The van der Waals surface area contributed by atoms with Crippen molar-refractivity contribution < 1.29 is 23.9 Å². The van der Waals surface area contributed by atoms with Crippen molar-refractivity contribution in [2.24, 2.45) is 17.8 Å². The van der Waals surface area contributed by atoms with E-state index in [4.69, 9.17) is 19.4 Å². The summed E-state index contributed by atoms with van der Waals surface area (Å²) in [5.41, 5.74) is 12.3. The third-order valence-corrected chi connectivity index (χ3v) is 13.7. The monoisotopic (exact) mass is 843 g/mol. The van der Waals surface area contributed by atoms with Crippen molar-refractivity contribution in [2.75, 3.05) is 6.61 Å². The summed E-state index contributed by atoms with van der Waals surface area (Å²) < 4.78 is 11.2. The van der Waals surface area contributed by atoms with Crippen LogP contribution in [0.2, 0.25) is 0 Å². The standard InChI is InChI=1S/C53H70N4O5/c1-12-38-34(8)41-27-43-36(10)40(23-24-47(58)61-26-25-33(7)22-16-21-32(6)20-15-19-31(5)18-14-17-30(3)4)50(56-43)49-51-48(52(59)62-53(49)60)37(11)44(57-51)29-46-39(13-2)35(9)42(55-46)28-45(38)54-41/h12,25,27-32,36,40,56-57H,1,13-24,26H2,2-11H3/b33-25+,43-27?,45-28?,46-29?,50-49?/t31-,32-,36+,40-/m1/s1. The third kappa shape index (κ3) is 10.4. The molecule has 8 bridgehead atoms. The largest absolute Gasteiger partial charge is 0.461 e. The van der Waals surface area contributed by atoms with Gasteiger partial charge in [0.1, 0.15) is 12.2 Å². The first-order valence-electron chi connectivity index (χ1n) is 23.3. The van der Waals surface area contributed by atoms with Gasteiger partial charge in [0.25, 0.3) is 0 Å². The predicted molar refractivity (Wildman–Crippen MR) is 252 cm³/mol. The SMILES string of the molecule is C=CC1=C(C)c2cc3[nH]c(c4c5[nH]c(cc6nc(cc1n2)C(C)=C6CC)c(C)c5C(=O)OC4=O)[C@H](CCC(=O)OC/C=C(\C)CCC[C@H](C)CCC[C@H](C)CCCC(C)C)[C@@H]3C. The van der Waals surface area contributed by atoms with Gasteiger partial charge in [-0.2, -0.15) is 0 Å². The van der Waals surface area contributed by atoms with Gasteiger partial charge in [0.2, 0.25) is 0 Å². The lowest BCUT2D eigenvalue weighted by atomic mass is 9.85. The predicted octanol–water partition coefficient (Wildman–Crippen LogP) is 13.7. The molecule has 0 aromatic carbocycles. The normalized spacial score (nSPS) is 18.0. The number of esters is 3. The van der Waals surface area contributed by atoms with Gasteiger partial charge < -0.3 is 19.4 Å². The smallest absolute Gasteiger partial charge is 0.349 e. The highest BCUT2D eigenvalue weighted by molar-refractivity contribution is 6.18. The Labute approximate surface area is 369 Å². The molecule has 0 fully saturated rings. The summed E-state index contributed by atoms with van der Waals surface area (Å²) in [6.45, 7) is 26.0. The van der Waals surface area contributed by atoms with E-state index in [2.05, 4.69) is 71.9 Å². The molecule has 2 aromatic heterocycles. The number of aromatic amines is 2. The highest BCUT2D eigenvalue weighted by Crippen LogP contribution is 2.44. The lowest BCUT2D eigenvalue weighted by Crippen LogP contribution is -2.21. The van der Waals surface area contributed by atoms with Gasteiger partial charge in [-0.3, -0.25) is 4.79 Å². The first-order chi connectivity index (χ1) is 29.6. The van der Waals surface area contributed by atoms with E-state index in [1.165, 1.54) is 50.5 Å². The van der Waals surface area contributed by atoms with Crippen LogP contribution in [-0.4, -0.2) is 44.5 Å². The van der Waals surface area contributed by atoms with Crippen LogP contribution in [0.15, 0.2) is 42.5 Å². The Morgan fingerprint density at radius 2 is 1.48 bits per heavy atom. The maximum atomic E-state index is 13.8. The number of hydrogen-bond acceptors (Lipinski definition) is 7. The summed E-state index contributed by atoms with van der Waals surface area (Å²) in [4.78, 5) is 57.7. The van der Waals surface area contributed by atoms with E-state index < -0.39 is 11.9 Å². The van der Waals surface area contributed by atoms with Gasteiger partial charge in [-0.25, -0.2) is 19.6 Å². The zero-order valence-electron chi connectivity index (χ0n) is 39.1. The number of nitrogens with zero attached hydrogens (tertiary/aromatic N) is 2. The molecule has 0 unspecified atom stereocenters. The summed E-state index contributed by atoms with van der Waals surface area (Å²) in [5, 5.41) is 0. The Morgan fingerprint density at radius 3 is 2.16 bits per heavy atom. The number of fused-ring (bicyclic) bond motifs is 8. The summed E-state index contributed by atoms with van der Waals surface area (Å²) in [5.74, 6) is 0.198. The molecular formula is C53H70N4O5.